The smallest absolute Gasteiger partial charge is 0.258 e. The van der Waals surface area contributed by atoms with E-state index in [0.29, 0.717) is 28.4 Å². The lowest BCUT2D eigenvalue weighted by Crippen LogP contribution is -2.34. The van der Waals surface area contributed by atoms with Gasteiger partial charge in [-0.25, -0.2) is 0 Å². The van der Waals surface area contributed by atoms with E-state index in [0.717, 1.165) is 19.4 Å². The molecule has 8 heteroatoms. The van der Waals surface area contributed by atoms with Crippen LogP contribution < -0.4 is 16.0 Å². The van der Waals surface area contributed by atoms with Gasteiger partial charge in [0.15, 0.2) is 5.11 Å². The summed E-state index contributed by atoms with van der Waals surface area (Å²) in [5.41, 5.74) is 1.41. The number of thiocarbonyl (C=S) groups is 1. The van der Waals surface area contributed by atoms with E-state index in [1.807, 2.05) is 0 Å². The summed E-state index contributed by atoms with van der Waals surface area (Å²) in [6.07, 6.45) is 2.07. The van der Waals surface area contributed by atoms with Crippen molar-refractivity contribution in [3.05, 3.63) is 64.7 Å². The lowest BCUT2D eigenvalue weighted by Gasteiger charge is -2.13. The van der Waals surface area contributed by atoms with Crippen LogP contribution in [0.25, 0.3) is 0 Å². The monoisotopic (exact) mass is 417 g/mol. The van der Waals surface area contributed by atoms with E-state index in [1.165, 1.54) is 0 Å². The maximum atomic E-state index is 12.3. The molecule has 1 fully saturated rings. The molecule has 0 spiro atoms. The first-order valence-electron chi connectivity index (χ1n) is 8.89. The molecule has 1 heterocycles. The summed E-state index contributed by atoms with van der Waals surface area (Å²) in [6, 6.07) is 13.6. The van der Waals surface area contributed by atoms with Crippen molar-refractivity contribution in [2.75, 3.05) is 18.5 Å². The van der Waals surface area contributed by atoms with Gasteiger partial charge in [-0.1, -0.05) is 29.8 Å². The van der Waals surface area contributed by atoms with Gasteiger partial charge in [0.2, 0.25) is 0 Å². The third-order valence-corrected chi connectivity index (χ3v) is 4.78. The van der Waals surface area contributed by atoms with Gasteiger partial charge in [-0.2, -0.15) is 0 Å². The summed E-state index contributed by atoms with van der Waals surface area (Å²) in [4.78, 5) is 24.6. The number of carbonyl (C=O) groups is 2. The van der Waals surface area contributed by atoms with Crippen molar-refractivity contribution >= 4 is 46.4 Å². The third kappa shape index (κ3) is 5.51. The van der Waals surface area contributed by atoms with Crippen LogP contribution >= 0.6 is 23.8 Å². The molecule has 0 radical (unpaired) electrons. The SMILES string of the molecule is O=C(NC[C@H]1CCCO1)c1cccc(NC(=S)NC(=O)c2ccccc2Cl)c1. The van der Waals surface area contributed by atoms with E-state index in [2.05, 4.69) is 16.0 Å². The van der Waals surface area contributed by atoms with Crippen molar-refractivity contribution in [3.8, 4) is 0 Å². The minimum absolute atomic E-state index is 0.0814. The lowest BCUT2D eigenvalue weighted by atomic mass is 10.1. The standard InChI is InChI=1S/C20H20ClN3O3S/c21-17-9-2-1-8-16(17)19(26)24-20(28)23-14-6-3-5-13(11-14)18(25)22-12-15-7-4-10-27-15/h1-3,5-6,8-9,11,15H,4,7,10,12H2,(H,22,25)(H2,23,24,26,28)/t15-/m1/s1. The van der Waals surface area contributed by atoms with Crippen LogP contribution in [0.5, 0.6) is 0 Å². The van der Waals surface area contributed by atoms with Gasteiger partial charge >= 0.3 is 0 Å². The number of anilines is 1. The van der Waals surface area contributed by atoms with Gasteiger partial charge in [-0.3, -0.25) is 14.9 Å². The Bertz CT molecular complexity index is 885. The first-order chi connectivity index (χ1) is 13.5. The van der Waals surface area contributed by atoms with Gasteiger partial charge in [-0.15, -0.1) is 0 Å². The molecule has 0 aliphatic carbocycles. The van der Waals surface area contributed by atoms with Crippen LogP contribution in [0.4, 0.5) is 5.69 Å². The van der Waals surface area contributed by atoms with Gasteiger partial charge in [0.05, 0.1) is 16.7 Å². The zero-order valence-electron chi connectivity index (χ0n) is 15.0. The van der Waals surface area contributed by atoms with Gasteiger partial charge in [0.25, 0.3) is 11.8 Å². The average molecular weight is 418 g/mol. The van der Waals surface area contributed by atoms with E-state index in [-0.39, 0.29) is 17.1 Å². The quantitative estimate of drug-likeness (QED) is 0.650. The molecule has 2 amide bonds. The van der Waals surface area contributed by atoms with E-state index in [1.54, 1.807) is 48.5 Å². The molecular weight excluding hydrogens is 398 g/mol. The Kier molecular flexibility index (Phi) is 6.97. The van der Waals surface area contributed by atoms with E-state index < -0.39 is 5.91 Å². The molecule has 0 bridgehead atoms. The second kappa shape index (κ2) is 9.64. The molecule has 3 N–H and O–H groups in total. The molecule has 0 saturated carbocycles. The van der Waals surface area contributed by atoms with Crippen molar-refractivity contribution < 1.29 is 14.3 Å². The number of hydrogen-bond donors (Lipinski definition) is 3. The Morgan fingerprint density at radius 1 is 1.14 bits per heavy atom. The summed E-state index contributed by atoms with van der Waals surface area (Å²) in [5.74, 6) is -0.598. The predicted molar refractivity (Wildman–Crippen MR) is 113 cm³/mol. The van der Waals surface area contributed by atoms with Crippen LogP contribution in [0, 0.1) is 0 Å². The van der Waals surface area contributed by atoms with Crippen LogP contribution in [0.15, 0.2) is 48.5 Å². The maximum absolute atomic E-state index is 12.3. The van der Waals surface area contributed by atoms with Crippen LogP contribution in [0.2, 0.25) is 5.02 Å². The number of halogens is 1. The molecular formula is C20H20ClN3O3S. The first kappa shape index (κ1) is 20.3. The van der Waals surface area contributed by atoms with Crippen molar-refractivity contribution in [1.82, 2.24) is 10.6 Å². The fourth-order valence-corrected chi connectivity index (χ4v) is 3.26. The zero-order chi connectivity index (χ0) is 19.9. The number of benzene rings is 2. The second-order valence-corrected chi connectivity index (χ2v) is 7.13. The molecule has 0 unspecified atom stereocenters. The van der Waals surface area contributed by atoms with E-state index in [9.17, 15) is 9.59 Å². The molecule has 146 valence electrons. The number of carbonyl (C=O) groups excluding carboxylic acids is 2. The lowest BCUT2D eigenvalue weighted by molar-refractivity contribution is 0.0857. The first-order valence-corrected chi connectivity index (χ1v) is 9.68. The van der Waals surface area contributed by atoms with Gasteiger partial charge < -0.3 is 15.4 Å². The highest BCUT2D eigenvalue weighted by Gasteiger charge is 2.17. The Hall–Kier alpha value is -2.48. The summed E-state index contributed by atoms with van der Waals surface area (Å²) in [5, 5.41) is 8.81. The van der Waals surface area contributed by atoms with Crippen LogP contribution in [-0.4, -0.2) is 36.2 Å². The summed E-state index contributed by atoms with van der Waals surface area (Å²) in [6.45, 7) is 1.24. The number of hydrogen-bond acceptors (Lipinski definition) is 4. The van der Waals surface area contributed by atoms with Gasteiger partial charge in [-0.05, 0) is 55.4 Å². The van der Waals surface area contributed by atoms with Crippen LogP contribution in [0.1, 0.15) is 33.6 Å². The molecule has 1 aliphatic rings. The topological polar surface area (TPSA) is 79.5 Å². The van der Waals surface area contributed by atoms with Crippen molar-refractivity contribution in [2.45, 2.75) is 18.9 Å². The number of ether oxygens (including phenoxy) is 1. The molecule has 6 nitrogen and oxygen atoms in total. The number of rotatable bonds is 5. The molecule has 28 heavy (non-hydrogen) atoms. The van der Waals surface area contributed by atoms with Crippen molar-refractivity contribution in [2.24, 2.45) is 0 Å². The summed E-state index contributed by atoms with van der Waals surface area (Å²) in [7, 11) is 0. The largest absolute Gasteiger partial charge is 0.376 e. The molecule has 3 rings (SSSR count). The Labute approximate surface area is 173 Å². The molecule has 2 aromatic carbocycles. The maximum Gasteiger partial charge on any atom is 0.258 e. The van der Waals surface area contributed by atoms with Crippen LogP contribution in [0.3, 0.4) is 0 Å². The highest BCUT2D eigenvalue weighted by atomic mass is 35.5. The Morgan fingerprint density at radius 2 is 1.96 bits per heavy atom. The number of nitrogens with one attached hydrogen (secondary N) is 3. The molecule has 1 saturated heterocycles. The summed E-state index contributed by atoms with van der Waals surface area (Å²) >= 11 is 11.2. The molecule has 1 atom stereocenters. The normalized spacial score (nSPS) is 15.7. The van der Waals surface area contributed by atoms with Gasteiger partial charge in [0, 0.05) is 24.4 Å². The van der Waals surface area contributed by atoms with Gasteiger partial charge in [0.1, 0.15) is 0 Å². The second-order valence-electron chi connectivity index (χ2n) is 6.31. The molecule has 0 aromatic heterocycles. The molecule has 2 aromatic rings. The average Bonchev–Trinajstić information content (AvgIpc) is 3.20. The highest BCUT2D eigenvalue weighted by molar-refractivity contribution is 7.80. The summed E-state index contributed by atoms with van der Waals surface area (Å²) < 4.78 is 5.50. The number of amides is 2. The fourth-order valence-electron chi connectivity index (χ4n) is 2.83. The fraction of sp³-hybridized carbons (Fsp3) is 0.250. The Balaban J connectivity index is 1.56. The predicted octanol–water partition coefficient (Wildman–Crippen LogP) is 3.38. The van der Waals surface area contributed by atoms with E-state index in [4.69, 9.17) is 28.6 Å². The zero-order valence-corrected chi connectivity index (χ0v) is 16.6. The highest BCUT2D eigenvalue weighted by Crippen LogP contribution is 2.15. The third-order valence-electron chi connectivity index (χ3n) is 4.24. The van der Waals surface area contributed by atoms with Crippen LogP contribution in [-0.2, 0) is 4.74 Å². The molecule has 1 aliphatic heterocycles. The Morgan fingerprint density at radius 3 is 2.71 bits per heavy atom. The minimum atomic E-state index is -0.409. The van der Waals surface area contributed by atoms with Crippen molar-refractivity contribution in [3.63, 3.8) is 0 Å². The van der Waals surface area contributed by atoms with Crippen molar-refractivity contribution in [1.29, 1.82) is 0 Å². The minimum Gasteiger partial charge on any atom is -0.376 e. The van der Waals surface area contributed by atoms with E-state index >= 15 is 0 Å².